The summed E-state index contributed by atoms with van der Waals surface area (Å²) >= 11 is 2.89. The molecule has 0 unspecified atom stereocenters. The molecule has 0 bridgehead atoms. The van der Waals surface area contributed by atoms with Gasteiger partial charge >= 0.3 is 0 Å². The van der Waals surface area contributed by atoms with Crippen LogP contribution in [0.1, 0.15) is 5.56 Å². The molecule has 0 saturated carbocycles. The first-order chi connectivity index (χ1) is 16.6. The van der Waals surface area contributed by atoms with Gasteiger partial charge in [-0.3, -0.25) is 9.36 Å². The van der Waals surface area contributed by atoms with Crippen LogP contribution in [-0.2, 0) is 11.3 Å². The number of ether oxygens (including phenoxy) is 3. The second-order valence-corrected chi connectivity index (χ2v) is 8.94. The fourth-order valence-electron chi connectivity index (χ4n) is 3.33. The number of rotatable bonds is 10. The number of nitrogens with one attached hydrogen (secondary N) is 1. The zero-order valence-corrected chi connectivity index (χ0v) is 20.6. The number of thioether (sulfide) groups is 1. The van der Waals surface area contributed by atoms with Gasteiger partial charge in [0.15, 0.2) is 22.5 Å². The molecule has 0 aliphatic rings. The number of benzene rings is 2. The lowest BCUT2D eigenvalue weighted by atomic mass is 10.2. The molecule has 2 aromatic carbocycles. The lowest BCUT2D eigenvalue weighted by molar-refractivity contribution is -0.118. The van der Waals surface area contributed by atoms with Gasteiger partial charge in [-0.15, -0.1) is 21.5 Å². The van der Waals surface area contributed by atoms with Crippen LogP contribution in [0.15, 0.2) is 65.1 Å². The molecule has 8 nitrogen and oxygen atoms in total. The van der Waals surface area contributed by atoms with Crippen molar-refractivity contribution < 1.29 is 19.0 Å². The molecule has 0 spiro atoms. The van der Waals surface area contributed by atoms with Crippen LogP contribution in [0.4, 0.5) is 0 Å². The van der Waals surface area contributed by atoms with Gasteiger partial charge in [-0.1, -0.05) is 36.0 Å². The van der Waals surface area contributed by atoms with Crippen LogP contribution in [0, 0.1) is 0 Å². The predicted molar refractivity (Wildman–Crippen MR) is 133 cm³/mol. The van der Waals surface area contributed by atoms with Crippen LogP contribution in [-0.4, -0.2) is 47.8 Å². The Balaban J connectivity index is 1.49. The first-order valence-corrected chi connectivity index (χ1v) is 12.2. The maximum atomic E-state index is 12.6. The molecule has 0 aliphatic heterocycles. The highest BCUT2D eigenvalue weighted by molar-refractivity contribution is 7.99. The van der Waals surface area contributed by atoms with Crippen LogP contribution < -0.4 is 19.5 Å². The van der Waals surface area contributed by atoms with Crippen LogP contribution in [0.5, 0.6) is 17.2 Å². The Morgan fingerprint density at radius 1 is 0.971 bits per heavy atom. The van der Waals surface area contributed by atoms with Gasteiger partial charge in [0, 0.05) is 6.54 Å². The Labute approximate surface area is 205 Å². The Morgan fingerprint density at radius 2 is 1.76 bits per heavy atom. The van der Waals surface area contributed by atoms with Gasteiger partial charge in [0.05, 0.1) is 37.6 Å². The van der Waals surface area contributed by atoms with E-state index in [0.717, 1.165) is 16.1 Å². The third-order valence-electron chi connectivity index (χ3n) is 4.97. The maximum Gasteiger partial charge on any atom is 0.230 e. The Kier molecular flexibility index (Phi) is 7.71. The summed E-state index contributed by atoms with van der Waals surface area (Å²) in [6.07, 6.45) is 0. The van der Waals surface area contributed by atoms with E-state index < -0.39 is 0 Å². The van der Waals surface area contributed by atoms with E-state index >= 15 is 0 Å². The molecule has 4 aromatic rings. The number of carbonyl (C=O) groups excluding carboxylic acids is 1. The van der Waals surface area contributed by atoms with Crippen molar-refractivity contribution in [3.8, 4) is 33.6 Å². The van der Waals surface area contributed by atoms with Gasteiger partial charge in [-0.05, 0) is 41.3 Å². The van der Waals surface area contributed by atoms with Crippen molar-refractivity contribution in [2.75, 3.05) is 27.1 Å². The quantitative estimate of drug-likeness (QED) is 0.325. The highest BCUT2D eigenvalue weighted by atomic mass is 32.2. The number of carbonyl (C=O) groups is 1. The van der Waals surface area contributed by atoms with Gasteiger partial charge in [0.2, 0.25) is 5.91 Å². The fourth-order valence-corrected chi connectivity index (χ4v) is 4.81. The fraction of sp³-hybridized carbons (Fsp3) is 0.208. The average molecular weight is 497 g/mol. The number of thiophene rings is 1. The molecule has 0 aliphatic carbocycles. The van der Waals surface area contributed by atoms with Crippen molar-refractivity contribution in [2.45, 2.75) is 11.7 Å². The third-order valence-corrected chi connectivity index (χ3v) is 6.77. The van der Waals surface area contributed by atoms with Gasteiger partial charge in [0.25, 0.3) is 0 Å². The summed E-state index contributed by atoms with van der Waals surface area (Å²) in [5.41, 5.74) is 1.72. The molecule has 0 atom stereocenters. The predicted octanol–water partition coefficient (Wildman–Crippen LogP) is 4.43. The Bertz CT molecular complexity index is 1260. The monoisotopic (exact) mass is 496 g/mol. The summed E-state index contributed by atoms with van der Waals surface area (Å²) in [4.78, 5) is 13.6. The number of nitrogens with zero attached hydrogens (tertiary/aromatic N) is 3. The van der Waals surface area contributed by atoms with E-state index in [4.69, 9.17) is 14.2 Å². The summed E-state index contributed by atoms with van der Waals surface area (Å²) in [6.45, 7) is 0.374. The van der Waals surface area contributed by atoms with Crippen LogP contribution in [0.2, 0.25) is 0 Å². The Hall–Kier alpha value is -3.50. The van der Waals surface area contributed by atoms with Gasteiger partial charge in [-0.2, -0.15) is 0 Å². The molecule has 0 radical (unpaired) electrons. The molecule has 2 aromatic heterocycles. The highest BCUT2D eigenvalue weighted by Crippen LogP contribution is 2.34. The number of aromatic nitrogens is 3. The minimum Gasteiger partial charge on any atom is -0.495 e. The van der Waals surface area contributed by atoms with Crippen LogP contribution in [0.3, 0.4) is 0 Å². The third kappa shape index (κ3) is 5.18. The summed E-state index contributed by atoms with van der Waals surface area (Å²) in [5.74, 6) is 2.73. The van der Waals surface area contributed by atoms with Crippen molar-refractivity contribution in [3.63, 3.8) is 0 Å². The van der Waals surface area contributed by atoms with Gasteiger partial charge in [0.1, 0.15) is 5.75 Å². The number of methoxy groups -OCH3 is 3. The van der Waals surface area contributed by atoms with E-state index in [-0.39, 0.29) is 11.7 Å². The number of amides is 1. The number of para-hydroxylation sites is 2. The lowest BCUT2D eigenvalue weighted by Gasteiger charge is -2.13. The van der Waals surface area contributed by atoms with E-state index in [1.54, 1.807) is 32.7 Å². The van der Waals surface area contributed by atoms with Gasteiger partial charge in [-0.25, -0.2) is 0 Å². The molecular formula is C24H24N4O4S2. The largest absolute Gasteiger partial charge is 0.495 e. The molecule has 176 valence electrons. The van der Waals surface area contributed by atoms with E-state index in [9.17, 15) is 4.79 Å². The number of hydrogen-bond donors (Lipinski definition) is 1. The second kappa shape index (κ2) is 11.1. The van der Waals surface area contributed by atoms with Crippen molar-refractivity contribution in [3.05, 3.63) is 65.5 Å². The normalized spacial score (nSPS) is 10.7. The minimum atomic E-state index is -0.118. The molecule has 1 N–H and O–H groups in total. The van der Waals surface area contributed by atoms with Crippen LogP contribution in [0.25, 0.3) is 16.4 Å². The molecule has 0 saturated heterocycles. The molecule has 0 fully saturated rings. The highest BCUT2D eigenvalue weighted by Gasteiger charge is 2.20. The average Bonchev–Trinajstić information content (AvgIpc) is 3.55. The zero-order valence-electron chi connectivity index (χ0n) is 19.0. The van der Waals surface area contributed by atoms with Crippen molar-refractivity contribution in [2.24, 2.45) is 0 Å². The first kappa shape index (κ1) is 23.7. The van der Waals surface area contributed by atoms with E-state index in [2.05, 4.69) is 15.5 Å². The Morgan fingerprint density at radius 3 is 2.50 bits per heavy atom. The summed E-state index contributed by atoms with van der Waals surface area (Å²) in [7, 11) is 4.80. The number of hydrogen-bond acceptors (Lipinski definition) is 8. The lowest BCUT2D eigenvalue weighted by Crippen LogP contribution is -2.24. The van der Waals surface area contributed by atoms with Crippen LogP contribution >= 0.6 is 23.1 Å². The van der Waals surface area contributed by atoms with Crippen molar-refractivity contribution >= 4 is 29.0 Å². The molecule has 4 rings (SSSR count). The van der Waals surface area contributed by atoms with Crippen molar-refractivity contribution in [1.82, 2.24) is 20.1 Å². The SMILES string of the molecule is COc1ccc(CNC(=O)CSc2nnc(-c3cccs3)n2-c2ccccc2OC)cc1OC. The van der Waals surface area contributed by atoms with Gasteiger partial charge < -0.3 is 19.5 Å². The van der Waals surface area contributed by atoms with Crippen molar-refractivity contribution in [1.29, 1.82) is 0 Å². The molecule has 34 heavy (non-hydrogen) atoms. The smallest absolute Gasteiger partial charge is 0.230 e. The summed E-state index contributed by atoms with van der Waals surface area (Å²) in [6, 6.07) is 17.2. The second-order valence-electron chi connectivity index (χ2n) is 7.05. The molecular weight excluding hydrogens is 472 g/mol. The maximum absolute atomic E-state index is 12.6. The summed E-state index contributed by atoms with van der Waals surface area (Å²) in [5, 5.41) is 14.3. The minimum absolute atomic E-state index is 0.118. The van der Waals surface area contributed by atoms with E-state index in [1.807, 2.05) is 64.5 Å². The molecule has 10 heteroatoms. The standard InChI is InChI=1S/C24H24N4O4S2/c1-30-18-8-5-4-7-17(18)28-23(21-9-6-12-33-21)26-27-24(28)34-15-22(29)25-14-16-10-11-19(31-2)20(13-16)32-3/h4-13H,14-15H2,1-3H3,(H,25,29). The first-order valence-electron chi connectivity index (χ1n) is 10.4. The van der Waals surface area contributed by atoms with E-state index in [1.165, 1.54) is 11.8 Å². The molecule has 1 amide bonds. The molecule has 2 heterocycles. The summed E-state index contributed by atoms with van der Waals surface area (Å²) < 4.78 is 18.1. The topological polar surface area (TPSA) is 87.5 Å². The zero-order chi connectivity index (χ0) is 23.9. The van der Waals surface area contributed by atoms with E-state index in [0.29, 0.717) is 34.8 Å².